The molecule has 3 rings (SSSR count). The van der Waals surface area contributed by atoms with E-state index in [0.29, 0.717) is 6.73 Å². The minimum absolute atomic E-state index is 0.619. The van der Waals surface area contributed by atoms with Crippen molar-refractivity contribution in [1.82, 2.24) is 4.57 Å². The summed E-state index contributed by atoms with van der Waals surface area (Å²) >= 11 is 0. The van der Waals surface area contributed by atoms with Crippen molar-refractivity contribution < 1.29 is 9.47 Å². The van der Waals surface area contributed by atoms with Gasteiger partial charge in [0.1, 0.15) is 12.5 Å². The number of hydrogen-bond acceptors (Lipinski definition) is 2. The molecule has 0 saturated heterocycles. The van der Waals surface area contributed by atoms with Gasteiger partial charge in [-0.05, 0) is 41.8 Å². The number of fused-ring (bicyclic) bond motifs is 1. The molecule has 0 unspecified atom stereocenters. The molecule has 3 aromatic rings. The molecule has 1 aromatic heterocycles. The van der Waals surface area contributed by atoms with E-state index in [9.17, 15) is 0 Å². The Morgan fingerprint density at radius 3 is 2.38 bits per heavy atom. The van der Waals surface area contributed by atoms with Gasteiger partial charge in [0.25, 0.3) is 0 Å². The standard InChI is InChI=1S/C22H29NO2Si/c1-24-20-11-9-18(10-12-20)15-19-16-23(17-25-13-14-26(2,3)4)22-8-6-5-7-21(19)22/h5-12,16H,13-15,17H2,1-4H3. The summed E-state index contributed by atoms with van der Waals surface area (Å²) in [7, 11) is 0.652. The average Bonchev–Trinajstić information content (AvgIpc) is 2.97. The first-order chi connectivity index (χ1) is 12.5. The van der Waals surface area contributed by atoms with Crippen LogP contribution in [0.2, 0.25) is 25.7 Å². The highest BCUT2D eigenvalue weighted by atomic mass is 28.3. The smallest absolute Gasteiger partial charge is 0.122 e. The molecule has 0 N–H and O–H groups in total. The molecule has 0 aliphatic heterocycles. The monoisotopic (exact) mass is 367 g/mol. The van der Waals surface area contributed by atoms with E-state index in [-0.39, 0.29) is 0 Å². The highest BCUT2D eigenvalue weighted by molar-refractivity contribution is 6.76. The Morgan fingerprint density at radius 1 is 0.962 bits per heavy atom. The van der Waals surface area contributed by atoms with Gasteiger partial charge in [0.2, 0.25) is 0 Å². The van der Waals surface area contributed by atoms with E-state index in [2.05, 4.69) is 66.8 Å². The third-order valence-corrected chi connectivity index (χ3v) is 6.36. The van der Waals surface area contributed by atoms with Crippen LogP contribution >= 0.6 is 0 Å². The molecule has 0 saturated carbocycles. The van der Waals surface area contributed by atoms with Crippen LogP contribution in [0.25, 0.3) is 10.9 Å². The largest absolute Gasteiger partial charge is 0.497 e. The fourth-order valence-corrected chi connectivity index (χ4v) is 3.83. The molecule has 138 valence electrons. The van der Waals surface area contributed by atoms with Crippen LogP contribution in [-0.2, 0) is 17.9 Å². The van der Waals surface area contributed by atoms with Gasteiger partial charge in [-0.1, -0.05) is 50.0 Å². The van der Waals surface area contributed by atoms with Crippen molar-refractivity contribution in [3.63, 3.8) is 0 Å². The molecule has 2 aromatic carbocycles. The van der Waals surface area contributed by atoms with E-state index in [1.54, 1.807) is 7.11 Å². The lowest BCUT2D eigenvalue weighted by Gasteiger charge is -2.15. The fourth-order valence-electron chi connectivity index (χ4n) is 3.08. The molecule has 0 aliphatic carbocycles. The summed E-state index contributed by atoms with van der Waals surface area (Å²) in [6, 6.07) is 18.1. The van der Waals surface area contributed by atoms with Gasteiger partial charge >= 0.3 is 0 Å². The molecule has 3 nitrogen and oxygen atoms in total. The zero-order valence-electron chi connectivity index (χ0n) is 16.3. The maximum atomic E-state index is 5.98. The molecule has 26 heavy (non-hydrogen) atoms. The van der Waals surface area contributed by atoms with Gasteiger partial charge in [-0.2, -0.15) is 0 Å². The van der Waals surface area contributed by atoms with Gasteiger partial charge in [-0.25, -0.2) is 0 Å². The number of aromatic nitrogens is 1. The van der Waals surface area contributed by atoms with Gasteiger partial charge in [0, 0.05) is 26.3 Å². The van der Waals surface area contributed by atoms with Crippen LogP contribution in [0.1, 0.15) is 11.1 Å². The quantitative estimate of drug-likeness (QED) is 0.385. The highest BCUT2D eigenvalue weighted by Gasteiger charge is 2.13. The fraction of sp³-hybridized carbons (Fsp3) is 0.364. The Bertz CT molecular complexity index is 847. The summed E-state index contributed by atoms with van der Waals surface area (Å²) in [5.74, 6) is 0.895. The lowest BCUT2D eigenvalue weighted by molar-refractivity contribution is 0.0902. The van der Waals surface area contributed by atoms with Gasteiger partial charge in [-0.15, -0.1) is 0 Å². The second kappa shape index (κ2) is 8.10. The predicted molar refractivity (Wildman–Crippen MR) is 112 cm³/mol. The molecule has 0 aliphatic rings. The second-order valence-corrected chi connectivity index (χ2v) is 13.6. The molecule has 1 heterocycles. The number of rotatable bonds is 8. The van der Waals surface area contributed by atoms with E-state index in [0.717, 1.165) is 18.8 Å². The maximum absolute atomic E-state index is 5.98. The molecular weight excluding hydrogens is 338 g/mol. The van der Waals surface area contributed by atoms with E-state index in [1.165, 1.54) is 28.1 Å². The van der Waals surface area contributed by atoms with E-state index in [1.807, 2.05) is 12.1 Å². The summed E-state index contributed by atoms with van der Waals surface area (Å²) in [6.45, 7) is 8.61. The van der Waals surface area contributed by atoms with Crippen molar-refractivity contribution >= 4 is 19.0 Å². The number of nitrogens with zero attached hydrogens (tertiary/aromatic N) is 1. The second-order valence-electron chi connectivity index (χ2n) is 8.01. The molecular formula is C22H29NO2Si. The highest BCUT2D eigenvalue weighted by Crippen LogP contribution is 2.25. The van der Waals surface area contributed by atoms with Gasteiger partial charge in [0.15, 0.2) is 0 Å². The molecule has 0 atom stereocenters. The molecule has 0 amide bonds. The summed E-state index contributed by atoms with van der Waals surface area (Å²) in [5.41, 5.74) is 3.86. The zero-order valence-corrected chi connectivity index (χ0v) is 17.3. The summed E-state index contributed by atoms with van der Waals surface area (Å²) in [4.78, 5) is 0. The Morgan fingerprint density at radius 2 is 1.69 bits per heavy atom. The lowest BCUT2D eigenvalue weighted by atomic mass is 10.0. The third-order valence-electron chi connectivity index (χ3n) is 4.65. The van der Waals surface area contributed by atoms with Crippen LogP contribution in [0, 0.1) is 0 Å². The van der Waals surface area contributed by atoms with E-state index in [4.69, 9.17) is 9.47 Å². The number of methoxy groups -OCH3 is 1. The van der Waals surface area contributed by atoms with Crippen molar-refractivity contribution in [1.29, 1.82) is 0 Å². The van der Waals surface area contributed by atoms with Crippen LogP contribution in [-0.4, -0.2) is 26.4 Å². The van der Waals surface area contributed by atoms with Crippen molar-refractivity contribution in [3.05, 3.63) is 65.9 Å². The SMILES string of the molecule is COc1ccc(Cc2cn(COCC[Si](C)(C)C)c3ccccc23)cc1. The average molecular weight is 368 g/mol. The Labute approximate surface area is 157 Å². The Hall–Kier alpha value is -2.04. The van der Waals surface area contributed by atoms with Crippen LogP contribution in [0.3, 0.4) is 0 Å². The molecule has 0 bridgehead atoms. The van der Waals surface area contributed by atoms with Crippen molar-refractivity contribution in [3.8, 4) is 5.75 Å². The van der Waals surface area contributed by atoms with Crippen LogP contribution in [0.5, 0.6) is 5.75 Å². The topological polar surface area (TPSA) is 23.4 Å². The normalized spacial score (nSPS) is 11.8. The third kappa shape index (κ3) is 4.77. The molecule has 0 radical (unpaired) electrons. The summed E-state index contributed by atoms with van der Waals surface area (Å²) in [5, 5.41) is 1.30. The predicted octanol–water partition coefficient (Wildman–Crippen LogP) is 5.55. The minimum Gasteiger partial charge on any atom is -0.497 e. The Balaban J connectivity index is 1.76. The van der Waals surface area contributed by atoms with Crippen LogP contribution in [0.15, 0.2) is 54.7 Å². The van der Waals surface area contributed by atoms with Gasteiger partial charge < -0.3 is 14.0 Å². The number of para-hydroxylation sites is 1. The minimum atomic E-state index is -1.05. The first-order valence-corrected chi connectivity index (χ1v) is 12.9. The first kappa shape index (κ1) is 18.7. The molecule has 0 fully saturated rings. The Kier molecular flexibility index (Phi) is 5.84. The van der Waals surface area contributed by atoms with Gasteiger partial charge in [-0.3, -0.25) is 0 Å². The van der Waals surface area contributed by atoms with E-state index < -0.39 is 8.07 Å². The van der Waals surface area contributed by atoms with Crippen LogP contribution < -0.4 is 4.74 Å². The molecule has 4 heteroatoms. The lowest BCUT2D eigenvalue weighted by Crippen LogP contribution is -2.21. The summed E-state index contributed by atoms with van der Waals surface area (Å²) < 4.78 is 13.5. The van der Waals surface area contributed by atoms with Crippen molar-refractivity contribution in [2.75, 3.05) is 13.7 Å². The van der Waals surface area contributed by atoms with Gasteiger partial charge in [0.05, 0.1) is 12.6 Å². The number of ether oxygens (including phenoxy) is 2. The van der Waals surface area contributed by atoms with E-state index >= 15 is 0 Å². The van der Waals surface area contributed by atoms with Crippen LogP contribution in [0.4, 0.5) is 0 Å². The maximum Gasteiger partial charge on any atom is 0.122 e. The number of hydrogen-bond donors (Lipinski definition) is 0. The molecule has 0 spiro atoms. The van der Waals surface area contributed by atoms with Crippen molar-refractivity contribution in [2.24, 2.45) is 0 Å². The van der Waals surface area contributed by atoms with Crippen molar-refractivity contribution in [2.45, 2.75) is 38.8 Å². The summed E-state index contributed by atoms with van der Waals surface area (Å²) in [6.07, 6.45) is 3.15. The number of benzene rings is 2. The first-order valence-electron chi connectivity index (χ1n) is 9.24. The zero-order chi connectivity index (χ0) is 18.6.